The van der Waals surface area contributed by atoms with Gasteiger partial charge in [-0.3, -0.25) is 0 Å². The molecule has 0 rings (SSSR count). The molecule has 0 fully saturated rings. The summed E-state index contributed by atoms with van der Waals surface area (Å²) in [6.45, 7) is 0. The minimum absolute atomic E-state index is 0. The molecule has 0 aliphatic heterocycles. The molecule has 17 heteroatoms. The van der Waals surface area contributed by atoms with E-state index in [0.29, 0.717) is 0 Å². The summed E-state index contributed by atoms with van der Waals surface area (Å²) in [4.78, 5) is 34.3. The average Bonchev–Trinajstić information content (AvgIpc) is 2.14. The van der Waals surface area contributed by atoms with Crippen LogP contribution in [0.2, 0.25) is 0 Å². The van der Waals surface area contributed by atoms with Crippen LogP contribution in [0.4, 0.5) is 0 Å². The molecular weight excluding hydrogens is 316 g/mol. The highest BCUT2D eigenvalue weighted by Gasteiger charge is 1.36. The van der Waals surface area contributed by atoms with E-state index in [1.165, 1.54) is 0 Å². The Morgan fingerprint density at radius 3 is 0.333 bits per heavy atom. The fraction of sp³-hybridized carbons (Fsp3) is 1.00. The quantitative estimate of drug-likeness (QED) is 0.191. The summed E-state index contributed by atoms with van der Waals surface area (Å²) in [5.41, 5.74) is 0. The monoisotopic (exact) mass is 360 g/mol. The molecule has 16 nitrogen and oxygen atoms in total. The second-order valence-electron chi connectivity index (χ2n) is 0.500. The minimum Gasteiger partial charge on any atom is -0.894 e. The van der Waals surface area contributed by atoms with Crippen LogP contribution < -0.4 is 88.8 Å². The highest BCUT2D eigenvalue weighted by atomic mass is 28.4. The topological polar surface area (TPSA) is 476 Å². The van der Waals surface area contributed by atoms with Crippen LogP contribution in [0.1, 0.15) is 0 Å². The molecule has 0 saturated carbocycles. The molecule has 0 atom stereocenters. The van der Waals surface area contributed by atoms with Crippen molar-refractivity contribution in [3.63, 3.8) is 0 Å². The van der Waals surface area contributed by atoms with Crippen molar-refractivity contribution < 1.29 is 39.6 Å². The van der Waals surface area contributed by atoms with Crippen molar-refractivity contribution >= 4 is 9.05 Å². The largest absolute Gasteiger partial charge is 0.894 e. The maximum atomic E-state index is 8.58. The van der Waals surface area contributed by atoms with Crippen molar-refractivity contribution in [3.8, 4) is 0 Å². The van der Waals surface area contributed by atoms with Gasteiger partial charge in [-0.25, -0.2) is 0 Å². The van der Waals surface area contributed by atoms with Gasteiger partial charge in [0, 0.05) is 0 Å². The van der Waals surface area contributed by atoms with E-state index in [4.69, 9.17) is 39.6 Å². The smallest absolute Gasteiger partial charge is 0.153 e. The average molecular weight is 361 g/mol. The van der Waals surface area contributed by atoms with E-state index >= 15 is 0 Å². The van der Waals surface area contributed by atoms with Crippen LogP contribution in [0.15, 0.2) is 0 Å². The van der Waals surface area contributed by atoms with Crippen molar-refractivity contribution in [2.24, 2.45) is 0 Å². The molecule has 152 valence electrons. The Kier molecular flexibility index (Phi) is 1420. The van der Waals surface area contributed by atoms with E-state index in [1.807, 2.05) is 0 Å². The lowest BCUT2D eigenvalue weighted by atomic mass is 11.8. The molecule has 0 aromatic rings. The predicted octanol–water partition coefficient (Wildman–Crippen LogP) is -6.22. The first kappa shape index (κ1) is 137. The standard InChI is InChI=1S/4CH3O.8H3N.O4Si/c4*1-2;;;;;;;;;1-5(2,3)4/h4*1H3;8*1H3;/q4*-1;;;;;;;;;-4/p+8. The van der Waals surface area contributed by atoms with Crippen molar-refractivity contribution in [2.75, 3.05) is 28.4 Å². The van der Waals surface area contributed by atoms with Crippen molar-refractivity contribution in [3.05, 3.63) is 0 Å². The van der Waals surface area contributed by atoms with Crippen LogP contribution in [0.5, 0.6) is 0 Å². The first-order chi connectivity index (χ1) is 6.00. The lowest BCUT2D eigenvalue weighted by Gasteiger charge is -2.67. The van der Waals surface area contributed by atoms with Gasteiger partial charge in [-0.05, 0) is 0 Å². The van der Waals surface area contributed by atoms with Crippen LogP contribution in [0.25, 0.3) is 0 Å². The van der Waals surface area contributed by atoms with Gasteiger partial charge in [0.2, 0.25) is 0 Å². The van der Waals surface area contributed by atoms with Crippen LogP contribution in [-0.4, -0.2) is 37.5 Å². The van der Waals surface area contributed by atoms with Gasteiger partial charge in [0.05, 0.1) is 0 Å². The van der Waals surface area contributed by atoms with E-state index < -0.39 is 9.05 Å². The Labute approximate surface area is 127 Å². The Bertz CT molecular complexity index is 51.7. The van der Waals surface area contributed by atoms with Crippen LogP contribution in [-0.2, 0) is 0 Å². The number of hydrogen-bond acceptors (Lipinski definition) is 8. The molecule has 0 amide bonds. The molecule has 21 heavy (non-hydrogen) atoms. The number of quaternary nitrogens is 8. The van der Waals surface area contributed by atoms with E-state index in [-0.39, 0.29) is 49.2 Å². The summed E-state index contributed by atoms with van der Waals surface area (Å²) in [7, 11) is -2.61. The van der Waals surface area contributed by atoms with Gasteiger partial charge >= 0.3 is 0 Å². The first-order valence-electron chi connectivity index (χ1n) is 2.45. The maximum Gasteiger partial charge on any atom is -0.153 e. The van der Waals surface area contributed by atoms with E-state index in [1.54, 1.807) is 0 Å². The highest BCUT2D eigenvalue weighted by Crippen LogP contribution is 1.26. The zero-order valence-corrected chi connectivity index (χ0v) is 16.8. The Morgan fingerprint density at radius 2 is 0.333 bits per heavy atom. The molecule has 0 aromatic heterocycles. The summed E-state index contributed by atoms with van der Waals surface area (Å²) in [6.07, 6.45) is 0. The summed E-state index contributed by atoms with van der Waals surface area (Å²) < 4.78 is 0. The highest BCUT2D eigenvalue weighted by molar-refractivity contribution is 6.38. The van der Waals surface area contributed by atoms with Gasteiger partial charge in [-0.2, -0.15) is 28.4 Å². The molecule has 0 unspecified atom stereocenters. The third-order valence-electron chi connectivity index (χ3n) is 0. The predicted molar refractivity (Wildman–Crippen MR) is 77.3 cm³/mol. The van der Waals surface area contributed by atoms with Crippen LogP contribution in [0, 0.1) is 0 Å². The third kappa shape index (κ3) is 33800. The maximum absolute atomic E-state index is 8.58. The third-order valence-corrected chi connectivity index (χ3v) is 0. The first-order valence-corrected chi connectivity index (χ1v) is 4.08. The molecule has 0 aliphatic carbocycles. The molecule has 0 spiro atoms. The molecular formula is C4H44N8O8Si. The lowest BCUT2D eigenvalue weighted by Crippen LogP contribution is -2.82. The second-order valence-corrected chi connectivity index (χ2v) is 1.50. The Hall–Kier alpha value is -0.423. The molecule has 0 aromatic carbocycles. The van der Waals surface area contributed by atoms with E-state index in [0.717, 1.165) is 28.4 Å². The summed E-state index contributed by atoms with van der Waals surface area (Å²) in [6, 6.07) is 0. The summed E-state index contributed by atoms with van der Waals surface area (Å²) in [5.74, 6) is 0. The van der Waals surface area contributed by atoms with Gasteiger partial charge < -0.3 is 97.9 Å². The SMILES string of the molecule is C[O-].C[O-].C[O-].C[O-].[NH4+].[NH4+].[NH4+].[NH4+].[NH4+].[NH4+].[NH4+].[NH4+].[O-][Si]([O-])([O-])[O-]. The van der Waals surface area contributed by atoms with E-state index in [2.05, 4.69) is 0 Å². The van der Waals surface area contributed by atoms with Gasteiger partial charge in [0.25, 0.3) is 0 Å². The Balaban J connectivity index is -0.00000000335. The Morgan fingerprint density at radius 1 is 0.333 bits per heavy atom. The fourth-order valence-electron chi connectivity index (χ4n) is 0. The van der Waals surface area contributed by atoms with Crippen molar-refractivity contribution in [1.29, 1.82) is 0 Å². The molecule has 0 heterocycles. The molecule has 0 aliphatic rings. The van der Waals surface area contributed by atoms with Crippen molar-refractivity contribution in [1.82, 2.24) is 49.2 Å². The molecule has 0 radical (unpaired) electrons. The van der Waals surface area contributed by atoms with Gasteiger partial charge in [-0.15, -0.1) is 0 Å². The number of rotatable bonds is 0. The molecule has 0 saturated heterocycles. The second kappa shape index (κ2) is 217. The molecule has 0 bridgehead atoms. The van der Waals surface area contributed by atoms with E-state index in [9.17, 15) is 0 Å². The normalized spacial score (nSPS) is 4.00. The molecule has 32 N–H and O–H groups in total. The van der Waals surface area contributed by atoms with Crippen LogP contribution >= 0.6 is 0 Å². The summed E-state index contributed by atoms with van der Waals surface area (Å²) >= 11 is 0. The number of hydrogen-bond donors (Lipinski definition) is 8. The van der Waals surface area contributed by atoms with Gasteiger partial charge in [0.15, 0.2) is 0 Å². The zero-order valence-electron chi connectivity index (χ0n) is 15.8. The van der Waals surface area contributed by atoms with Crippen molar-refractivity contribution in [2.45, 2.75) is 0 Å². The van der Waals surface area contributed by atoms with Gasteiger partial charge in [0.1, 0.15) is 0 Å². The zero-order chi connectivity index (χ0) is 12.5. The fourth-order valence-corrected chi connectivity index (χ4v) is 0. The lowest BCUT2D eigenvalue weighted by molar-refractivity contribution is -0.624. The minimum atomic E-state index is -5.61. The summed E-state index contributed by atoms with van der Waals surface area (Å²) in [5, 5.41) is 33.0. The van der Waals surface area contributed by atoms with Crippen LogP contribution in [0.3, 0.4) is 0 Å². The van der Waals surface area contributed by atoms with Gasteiger partial charge in [-0.1, -0.05) is 0 Å².